The van der Waals surface area contributed by atoms with E-state index in [9.17, 15) is 9.59 Å². The number of carbonyl (C=O) groups is 2. The Balaban J connectivity index is 1.79. The third-order valence-electron chi connectivity index (χ3n) is 3.44. The third kappa shape index (κ3) is 6.47. The van der Waals surface area contributed by atoms with Crippen molar-refractivity contribution in [3.8, 4) is 11.5 Å². The summed E-state index contributed by atoms with van der Waals surface area (Å²) in [7, 11) is 1.54. The van der Waals surface area contributed by atoms with E-state index in [0.29, 0.717) is 17.1 Å². The molecule has 0 aliphatic heterocycles. The molecule has 0 heterocycles. The number of hydrogen-bond donors (Lipinski definition) is 3. The second-order valence-corrected chi connectivity index (χ2v) is 7.69. The number of hydrazine groups is 1. The van der Waals surface area contributed by atoms with Crippen LogP contribution in [0.4, 0.5) is 0 Å². The predicted octanol–water partition coefficient (Wildman–Crippen LogP) is 3.24. The van der Waals surface area contributed by atoms with Crippen molar-refractivity contribution in [3.63, 3.8) is 0 Å². The average molecular weight is 531 g/mol. The lowest BCUT2D eigenvalue weighted by Gasteiger charge is -2.13. The topological polar surface area (TPSA) is 88.7 Å². The zero-order valence-corrected chi connectivity index (χ0v) is 19.0. The molecular formula is C18H17Br2N3O4S. The van der Waals surface area contributed by atoms with Gasteiger partial charge in [0, 0.05) is 10.0 Å². The Kier molecular flexibility index (Phi) is 8.21. The maximum Gasteiger partial charge on any atom is 0.269 e. The summed E-state index contributed by atoms with van der Waals surface area (Å²) in [4.78, 5) is 24.0. The van der Waals surface area contributed by atoms with Crippen LogP contribution in [0.3, 0.4) is 0 Å². The van der Waals surface area contributed by atoms with Crippen LogP contribution in [0.5, 0.6) is 11.5 Å². The first-order chi connectivity index (χ1) is 13.3. The lowest BCUT2D eigenvalue weighted by molar-refractivity contribution is -0.121. The highest BCUT2D eigenvalue weighted by atomic mass is 79.9. The number of rotatable bonds is 5. The Morgan fingerprint density at radius 3 is 2.39 bits per heavy atom. The summed E-state index contributed by atoms with van der Waals surface area (Å²) in [5.41, 5.74) is 6.13. The van der Waals surface area contributed by atoms with Crippen LogP contribution in [0.25, 0.3) is 0 Å². The summed E-state index contributed by atoms with van der Waals surface area (Å²) in [6.45, 7) is 1.62. The van der Waals surface area contributed by atoms with Gasteiger partial charge in [-0.1, -0.05) is 15.9 Å². The van der Waals surface area contributed by atoms with Gasteiger partial charge in [-0.15, -0.1) is 0 Å². The standard InChI is InChI=1S/C18H17Br2N3O4S/c1-10-7-12(19)8-14(20)16(10)27-9-15(24)21-18(28)23-22-17(25)11-3-5-13(26-2)6-4-11/h3-8H,9H2,1-2H3,(H,22,25)(H2,21,23,24,28). The van der Waals surface area contributed by atoms with Crippen molar-refractivity contribution in [2.24, 2.45) is 0 Å². The Labute approximate surface area is 184 Å². The Morgan fingerprint density at radius 2 is 1.79 bits per heavy atom. The van der Waals surface area contributed by atoms with Gasteiger partial charge >= 0.3 is 0 Å². The highest BCUT2D eigenvalue weighted by Gasteiger charge is 2.11. The molecule has 0 aromatic heterocycles. The number of halogens is 2. The van der Waals surface area contributed by atoms with Gasteiger partial charge in [0.15, 0.2) is 11.7 Å². The van der Waals surface area contributed by atoms with Crippen molar-refractivity contribution in [2.45, 2.75) is 6.92 Å². The number of benzene rings is 2. The maximum absolute atomic E-state index is 12.0. The minimum Gasteiger partial charge on any atom is -0.497 e. The van der Waals surface area contributed by atoms with E-state index in [-0.39, 0.29) is 11.7 Å². The number of methoxy groups -OCH3 is 1. The minimum atomic E-state index is -0.467. The van der Waals surface area contributed by atoms with E-state index in [1.54, 1.807) is 24.3 Å². The van der Waals surface area contributed by atoms with Crippen molar-refractivity contribution in [2.75, 3.05) is 13.7 Å². The number of hydrogen-bond acceptors (Lipinski definition) is 5. The van der Waals surface area contributed by atoms with Crippen LogP contribution < -0.4 is 25.6 Å². The monoisotopic (exact) mass is 529 g/mol. The number of thiocarbonyl (C=S) groups is 1. The van der Waals surface area contributed by atoms with Crippen LogP contribution >= 0.6 is 44.1 Å². The first-order valence-corrected chi connectivity index (χ1v) is 9.92. The zero-order chi connectivity index (χ0) is 20.7. The molecule has 0 bridgehead atoms. The molecular weight excluding hydrogens is 514 g/mol. The van der Waals surface area contributed by atoms with Crippen molar-refractivity contribution >= 4 is 61.0 Å². The summed E-state index contributed by atoms with van der Waals surface area (Å²) >= 11 is 11.8. The molecule has 3 N–H and O–H groups in total. The van der Waals surface area contributed by atoms with Gasteiger partial charge in [-0.05, 0) is 77.0 Å². The van der Waals surface area contributed by atoms with Gasteiger partial charge in [0.1, 0.15) is 11.5 Å². The van der Waals surface area contributed by atoms with E-state index in [1.807, 2.05) is 19.1 Å². The molecule has 2 aromatic rings. The summed E-state index contributed by atoms with van der Waals surface area (Å²) in [6.07, 6.45) is 0. The number of ether oxygens (including phenoxy) is 2. The molecule has 0 spiro atoms. The maximum atomic E-state index is 12.0. The van der Waals surface area contributed by atoms with Crippen LogP contribution in [0, 0.1) is 6.92 Å². The second-order valence-electron chi connectivity index (χ2n) is 5.51. The summed E-state index contributed by atoms with van der Waals surface area (Å²) in [5, 5.41) is 2.37. The molecule has 10 heteroatoms. The van der Waals surface area contributed by atoms with Gasteiger partial charge in [-0.3, -0.25) is 25.8 Å². The largest absolute Gasteiger partial charge is 0.497 e. The molecule has 28 heavy (non-hydrogen) atoms. The number of nitrogens with one attached hydrogen (secondary N) is 3. The van der Waals surface area contributed by atoms with Gasteiger partial charge in [0.2, 0.25) is 0 Å². The van der Waals surface area contributed by atoms with Crippen molar-refractivity contribution in [1.82, 2.24) is 16.2 Å². The van der Waals surface area contributed by atoms with E-state index in [2.05, 4.69) is 48.0 Å². The quantitative estimate of drug-likeness (QED) is 0.406. The summed E-state index contributed by atoms with van der Waals surface area (Å²) in [5.74, 6) is 0.320. The molecule has 0 saturated carbocycles. The molecule has 7 nitrogen and oxygen atoms in total. The molecule has 2 aromatic carbocycles. The van der Waals surface area contributed by atoms with Gasteiger partial charge in [-0.2, -0.15) is 0 Å². The molecule has 0 atom stereocenters. The van der Waals surface area contributed by atoms with E-state index in [1.165, 1.54) is 7.11 Å². The lowest BCUT2D eigenvalue weighted by atomic mass is 10.2. The smallest absolute Gasteiger partial charge is 0.269 e. The number of amides is 2. The van der Waals surface area contributed by atoms with Crippen LogP contribution in [0.2, 0.25) is 0 Å². The van der Waals surface area contributed by atoms with Crippen molar-refractivity contribution in [3.05, 3.63) is 56.5 Å². The predicted molar refractivity (Wildman–Crippen MR) is 116 cm³/mol. The molecule has 0 fully saturated rings. The van der Waals surface area contributed by atoms with Gasteiger partial charge in [-0.25, -0.2) is 0 Å². The van der Waals surface area contributed by atoms with Gasteiger partial charge in [0.25, 0.3) is 11.8 Å². The van der Waals surface area contributed by atoms with Crippen LogP contribution in [-0.4, -0.2) is 30.6 Å². The molecule has 148 valence electrons. The summed E-state index contributed by atoms with van der Waals surface area (Å²) < 4.78 is 12.2. The van der Waals surface area contributed by atoms with E-state index >= 15 is 0 Å². The normalized spacial score (nSPS) is 10.0. The molecule has 0 aliphatic carbocycles. The van der Waals surface area contributed by atoms with Crippen molar-refractivity contribution < 1.29 is 19.1 Å². The molecule has 0 unspecified atom stereocenters. The fraction of sp³-hybridized carbons (Fsp3) is 0.167. The van der Waals surface area contributed by atoms with E-state index in [4.69, 9.17) is 21.7 Å². The molecule has 0 saturated heterocycles. The van der Waals surface area contributed by atoms with Crippen molar-refractivity contribution in [1.29, 1.82) is 0 Å². The molecule has 2 rings (SSSR count). The third-order valence-corrected chi connectivity index (χ3v) is 4.69. The van der Waals surface area contributed by atoms with Crippen LogP contribution in [0.15, 0.2) is 45.3 Å². The first-order valence-electron chi connectivity index (χ1n) is 7.93. The lowest BCUT2D eigenvalue weighted by Crippen LogP contribution is -2.49. The Morgan fingerprint density at radius 1 is 1.11 bits per heavy atom. The summed E-state index contributed by atoms with van der Waals surface area (Å²) in [6, 6.07) is 10.2. The van der Waals surface area contributed by atoms with E-state index in [0.717, 1.165) is 14.5 Å². The van der Waals surface area contributed by atoms with Gasteiger partial charge < -0.3 is 9.47 Å². The molecule has 0 radical (unpaired) electrons. The highest BCUT2D eigenvalue weighted by Crippen LogP contribution is 2.32. The van der Waals surface area contributed by atoms with Crippen LogP contribution in [0.1, 0.15) is 15.9 Å². The molecule has 0 aliphatic rings. The average Bonchev–Trinajstić information content (AvgIpc) is 2.65. The highest BCUT2D eigenvalue weighted by molar-refractivity contribution is 9.11. The SMILES string of the molecule is COc1ccc(C(=O)NNC(=S)NC(=O)COc2c(C)cc(Br)cc2Br)cc1. The van der Waals surface area contributed by atoms with Crippen LogP contribution in [-0.2, 0) is 4.79 Å². The minimum absolute atomic E-state index is 0.0537. The first kappa shape index (κ1) is 22.1. The fourth-order valence-corrected chi connectivity index (χ4v) is 3.85. The number of carbonyl (C=O) groups excluding carboxylic acids is 2. The Bertz CT molecular complexity index is 868. The molecule has 2 amide bonds. The van der Waals surface area contributed by atoms with Gasteiger partial charge in [0.05, 0.1) is 11.6 Å². The Hall–Kier alpha value is -2.17. The second kappa shape index (κ2) is 10.4. The zero-order valence-electron chi connectivity index (χ0n) is 15.0. The fourth-order valence-electron chi connectivity index (χ4n) is 2.13. The van der Waals surface area contributed by atoms with E-state index < -0.39 is 11.8 Å². The number of aryl methyl sites for hydroxylation is 1.